The van der Waals surface area contributed by atoms with Crippen LogP contribution in [0.2, 0.25) is 0 Å². The molecule has 1 aromatic heterocycles. The molecule has 1 aliphatic rings. The van der Waals surface area contributed by atoms with Crippen molar-refractivity contribution in [3.8, 4) is 11.4 Å². The normalized spacial score (nSPS) is 14.8. The van der Waals surface area contributed by atoms with Crippen molar-refractivity contribution in [2.24, 2.45) is 7.05 Å². The van der Waals surface area contributed by atoms with E-state index < -0.39 is 0 Å². The largest absolute Gasteiger partial charge is 0.290 e. The molecular formula is C25H27N2+. The Morgan fingerprint density at radius 1 is 0.815 bits per heavy atom. The molecule has 2 heterocycles. The molecule has 0 unspecified atom stereocenters. The second-order valence-corrected chi connectivity index (χ2v) is 8.68. The van der Waals surface area contributed by atoms with E-state index in [0.717, 1.165) is 0 Å². The molecule has 136 valence electrons. The summed E-state index contributed by atoms with van der Waals surface area (Å²) in [7, 11) is 2.23. The van der Waals surface area contributed by atoms with Crippen molar-refractivity contribution >= 4 is 21.8 Å². The number of imidazole rings is 1. The second kappa shape index (κ2) is 5.01. The van der Waals surface area contributed by atoms with Crippen LogP contribution in [0.25, 0.3) is 33.2 Å². The first kappa shape index (κ1) is 16.6. The standard InChI is InChI=1S/C25H27N2/c1-14-15(2)17(4)23-22(16(14)3)26(7)24-20-13-12-18-10-8-9-11-19(18)21(20)25(5,6)27(23)24/h8-13H,1-7H3/q+1. The van der Waals surface area contributed by atoms with Gasteiger partial charge in [-0.15, -0.1) is 0 Å². The quantitative estimate of drug-likeness (QED) is 0.362. The number of hydrogen-bond donors (Lipinski definition) is 0. The molecule has 0 atom stereocenters. The zero-order valence-electron chi connectivity index (χ0n) is 17.4. The second-order valence-electron chi connectivity index (χ2n) is 8.68. The maximum Gasteiger partial charge on any atom is 0.290 e. The minimum absolute atomic E-state index is 0.0933. The Hall–Kier alpha value is -2.61. The first-order valence-electron chi connectivity index (χ1n) is 9.80. The van der Waals surface area contributed by atoms with Crippen LogP contribution in [0.5, 0.6) is 0 Å². The molecule has 0 aliphatic carbocycles. The molecule has 2 heteroatoms. The SMILES string of the molecule is Cc1c(C)c(C)c2c(c1C)n1c([n+]2C)-c2ccc3ccccc3c2C1(C)C. The zero-order chi connectivity index (χ0) is 19.2. The summed E-state index contributed by atoms with van der Waals surface area (Å²) < 4.78 is 5.01. The van der Waals surface area contributed by atoms with Crippen molar-refractivity contribution in [2.75, 3.05) is 0 Å². The highest BCUT2D eigenvalue weighted by Gasteiger charge is 2.47. The monoisotopic (exact) mass is 355 g/mol. The summed E-state index contributed by atoms with van der Waals surface area (Å²) in [5, 5.41) is 2.69. The van der Waals surface area contributed by atoms with Crippen LogP contribution < -0.4 is 4.57 Å². The van der Waals surface area contributed by atoms with Gasteiger partial charge in [-0.1, -0.05) is 30.3 Å². The third-order valence-corrected chi connectivity index (χ3v) is 7.05. The predicted octanol–water partition coefficient (Wildman–Crippen LogP) is 5.62. The van der Waals surface area contributed by atoms with Crippen LogP contribution >= 0.6 is 0 Å². The van der Waals surface area contributed by atoms with Gasteiger partial charge in [0.2, 0.25) is 0 Å². The van der Waals surface area contributed by atoms with Gasteiger partial charge in [0.1, 0.15) is 5.54 Å². The van der Waals surface area contributed by atoms with E-state index in [4.69, 9.17) is 0 Å². The van der Waals surface area contributed by atoms with E-state index in [9.17, 15) is 0 Å². The lowest BCUT2D eigenvalue weighted by Gasteiger charge is -2.21. The van der Waals surface area contributed by atoms with Gasteiger partial charge in [0.25, 0.3) is 5.82 Å². The van der Waals surface area contributed by atoms with Crippen molar-refractivity contribution in [3.63, 3.8) is 0 Å². The molecule has 0 saturated carbocycles. The summed E-state index contributed by atoms with van der Waals surface area (Å²) in [5.74, 6) is 1.33. The molecule has 0 spiro atoms. The predicted molar refractivity (Wildman–Crippen MR) is 113 cm³/mol. The van der Waals surface area contributed by atoms with E-state index in [0.29, 0.717) is 0 Å². The average Bonchev–Trinajstić information content (AvgIpc) is 3.09. The molecule has 2 nitrogen and oxygen atoms in total. The molecule has 27 heavy (non-hydrogen) atoms. The minimum atomic E-state index is -0.0933. The number of hydrogen-bond acceptors (Lipinski definition) is 0. The van der Waals surface area contributed by atoms with Crippen LogP contribution in [0.15, 0.2) is 36.4 Å². The lowest BCUT2D eigenvalue weighted by atomic mass is 9.87. The lowest BCUT2D eigenvalue weighted by molar-refractivity contribution is -0.634. The van der Waals surface area contributed by atoms with Gasteiger partial charge >= 0.3 is 0 Å². The first-order chi connectivity index (χ1) is 12.8. The van der Waals surface area contributed by atoms with Crippen molar-refractivity contribution in [1.29, 1.82) is 0 Å². The van der Waals surface area contributed by atoms with Gasteiger partial charge in [-0.05, 0) is 69.5 Å². The summed E-state index contributed by atoms with van der Waals surface area (Å²) in [6.45, 7) is 13.8. The van der Waals surface area contributed by atoms with Crippen LogP contribution in [0.1, 0.15) is 41.7 Å². The van der Waals surface area contributed by atoms with Crippen LogP contribution in [0, 0.1) is 27.7 Å². The topological polar surface area (TPSA) is 8.81 Å². The van der Waals surface area contributed by atoms with Crippen LogP contribution in [0.4, 0.5) is 0 Å². The summed E-state index contributed by atoms with van der Waals surface area (Å²) in [6.07, 6.45) is 0. The van der Waals surface area contributed by atoms with Crippen molar-refractivity contribution in [3.05, 3.63) is 64.2 Å². The summed E-state index contributed by atoms with van der Waals surface area (Å²) in [6, 6.07) is 13.4. The fourth-order valence-electron chi connectivity index (χ4n) is 5.39. The number of aryl methyl sites for hydroxylation is 3. The smallest absolute Gasteiger partial charge is 0.225 e. The molecule has 3 aromatic carbocycles. The van der Waals surface area contributed by atoms with Crippen LogP contribution in [-0.4, -0.2) is 4.57 Å². The minimum Gasteiger partial charge on any atom is -0.225 e. The van der Waals surface area contributed by atoms with Crippen LogP contribution in [-0.2, 0) is 12.6 Å². The molecule has 0 N–H and O–H groups in total. The summed E-state index contributed by atoms with van der Waals surface area (Å²) >= 11 is 0. The third kappa shape index (κ3) is 1.79. The van der Waals surface area contributed by atoms with Crippen molar-refractivity contribution < 1.29 is 4.57 Å². The fourth-order valence-corrected chi connectivity index (χ4v) is 5.39. The highest BCUT2D eigenvalue weighted by molar-refractivity contribution is 5.96. The van der Waals surface area contributed by atoms with E-state index in [1.165, 1.54) is 61.0 Å². The molecular weight excluding hydrogens is 328 g/mol. The Kier molecular flexibility index (Phi) is 3.07. The fraction of sp³-hybridized carbons (Fsp3) is 0.320. The lowest BCUT2D eigenvalue weighted by Crippen LogP contribution is -2.30. The third-order valence-electron chi connectivity index (χ3n) is 7.05. The van der Waals surface area contributed by atoms with E-state index in [2.05, 4.69) is 94.1 Å². The summed E-state index contributed by atoms with van der Waals surface area (Å²) in [5.41, 5.74) is 11.1. The molecule has 4 aromatic rings. The zero-order valence-corrected chi connectivity index (χ0v) is 17.4. The maximum atomic E-state index is 2.59. The molecule has 0 fully saturated rings. The van der Waals surface area contributed by atoms with E-state index in [-0.39, 0.29) is 5.54 Å². The number of rotatable bonds is 0. The Morgan fingerprint density at radius 2 is 1.48 bits per heavy atom. The number of aromatic nitrogens is 2. The molecule has 0 saturated heterocycles. The summed E-state index contributed by atoms with van der Waals surface area (Å²) in [4.78, 5) is 0. The first-order valence-corrected chi connectivity index (χ1v) is 9.80. The van der Waals surface area contributed by atoms with Gasteiger partial charge in [-0.25, -0.2) is 9.13 Å². The molecule has 0 amide bonds. The highest BCUT2D eigenvalue weighted by atomic mass is 15.2. The van der Waals surface area contributed by atoms with E-state index in [1.54, 1.807) is 0 Å². The maximum absolute atomic E-state index is 2.59. The Labute approximate surface area is 161 Å². The van der Waals surface area contributed by atoms with Gasteiger partial charge in [0.05, 0.1) is 12.6 Å². The van der Waals surface area contributed by atoms with Gasteiger partial charge in [-0.3, -0.25) is 0 Å². The molecule has 5 rings (SSSR count). The Balaban J connectivity index is 2.05. The van der Waals surface area contributed by atoms with E-state index >= 15 is 0 Å². The van der Waals surface area contributed by atoms with Crippen molar-refractivity contribution in [1.82, 2.24) is 4.57 Å². The Morgan fingerprint density at radius 3 is 2.22 bits per heavy atom. The van der Waals surface area contributed by atoms with Crippen LogP contribution in [0.3, 0.4) is 0 Å². The molecule has 0 radical (unpaired) electrons. The molecule has 1 aliphatic heterocycles. The van der Waals surface area contributed by atoms with Gasteiger partial charge in [-0.2, -0.15) is 0 Å². The Bertz CT molecular complexity index is 1290. The number of benzene rings is 3. The van der Waals surface area contributed by atoms with Crippen molar-refractivity contribution in [2.45, 2.75) is 47.1 Å². The molecule has 0 bridgehead atoms. The number of nitrogens with zero attached hydrogens (tertiary/aromatic N) is 2. The van der Waals surface area contributed by atoms with Gasteiger partial charge in [0.15, 0.2) is 11.0 Å². The van der Waals surface area contributed by atoms with Gasteiger partial charge < -0.3 is 0 Å². The van der Waals surface area contributed by atoms with E-state index in [1.807, 2.05) is 0 Å². The highest BCUT2D eigenvalue weighted by Crippen LogP contribution is 2.48. The number of fused-ring (bicyclic) bond motifs is 7. The average molecular weight is 356 g/mol. The van der Waals surface area contributed by atoms with Gasteiger partial charge in [0, 0.05) is 16.7 Å².